The van der Waals surface area contributed by atoms with Gasteiger partial charge in [0.05, 0.1) is 10.6 Å². The second-order valence-corrected chi connectivity index (χ2v) is 8.37. The van der Waals surface area contributed by atoms with Crippen molar-refractivity contribution < 1.29 is 8.42 Å². The third-order valence-electron chi connectivity index (χ3n) is 2.87. The molecule has 0 amide bonds. The average Bonchev–Trinajstić information content (AvgIpc) is 2.82. The standard InChI is InChI=1S/C15H16N2O2S2/c1-15(2,3)14-9-12(13(10-16)20-14)17-21(18,19)11-7-5-4-6-8-11/h4-9,17H,1-3H3. The Morgan fingerprint density at radius 3 is 2.33 bits per heavy atom. The van der Waals surface area contributed by atoms with Gasteiger partial charge in [0.2, 0.25) is 0 Å². The fourth-order valence-corrected chi connectivity index (χ4v) is 3.84. The maximum Gasteiger partial charge on any atom is 0.261 e. The van der Waals surface area contributed by atoms with Gasteiger partial charge < -0.3 is 0 Å². The molecular formula is C15H16N2O2S2. The van der Waals surface area contributed by atoms with Gasteiger partial charge in [-0.1, -0.05) is 39.0 Å². The molecular weight excluding hydrogens is 304 g/mol. The molecule has 0 radical (unpaired) electrons. The predicted octanol–water partition coefficient (Wildman–Crippen LogP) is 3.72. The molecule has 1 N–H and O–H groups in total. The van der Waals surface area contributed by atoms with Crippen molar-refractivity contribution in [1.29, 1.82) is 5.26 Å². The van der Waals surface area contributed by atoms with E-state index < -0.39 is 10.0 Å². The Hall–Kier alpha value is -1.84. The van der Waals surface area contributed by atoms with Gasteiger partial charge >= 0.3 is 0 Å². The van der Waals surface area contributed by atoms with Crippen LogP contribution >= 0.6 is 11.3 Å². The highest BCUT2D eigenvalue weighted by atomic mass is 32.2. The summed E-state index contributed by atoms with van der Waals surface area (Å²) in [7, 11) is -3.67. The first-order valence-electron chi connectivity index (χ1n) is 6.36. The molecule has 0 unspecified atom stereocenters. The molecule has 6 heteroatoms. The lowest BCUT2D eigenvalue weighted by Crippen LogP contribution is -2.13. The second-order valence-electron chi connectivity index (χ2n) is 5.63. The van der Waals surface area contributed by atoms with E-state index in [1.807, 2.05) is 20.8 Å². The Balaban J connectivity index is 2.41. The zero-order valence-corrected chi connectivity index (χ0v) is 13.7. The first-order valence-corrected chi connectivity index (χ1v) is 8.66. The topological polar surface area (TPSA) is 70.0 Å². The molecule has 2 rings (SSSR count). The van der Waals surface area contributed by atoms with Crippen molar-refractivity contribution in [2.24, 2.45) is 0 Å². The molecule has 2 aromatic rings. The molecule has 0 saturated heterocycles. The largest absolute Gasteiger partial charge is 0.277 e. The third-order valence-corrected chi connectivity index (χ3v) is 5.72. The van der Waals surface area contributed by atoms with Crippen LogP contribution in [0.25, 0.3) is 0 Å². The van der Waals surface area contributed by atoms with E-state index in [-0.39, 0.29) is 10.3 Å². The number of benzene rings is 1. The SMILES string of the molecule is CC(C)(C)c1cc(NS(=O)(=O)c2ccccc2)c(C#N)s1. The highest BCUT2D eigenvalue weighted by Gasteiger charge is 2.22. The summed E-state index contributed by atoms with van der Waals surface area (Å²) in [6.45, 7) is 6.07. The van der Waals surface area contributed by atoms with Crippen LogP contribution in [-0.4, -0.2) is 8.42 Å². The lowest BCUT2D eigenvalue weighted by Gasteiger charge is -2.15. The number of thiophene rings is 1. The van der Waals surface area contributed by atoms with Crippen LogP contribution in [0, 0.1) is 11.3 Å². The minimum atomic E-state index is -3.67. The van der Waals surface area contributed by atoms with Gasteiger partial charge in [-0.2, -0.15) is 5.26 Å². The fourth-order valence-electron chi connectivity index (χ4n) is 1.72. The zero-order chi connectivity index (χ0) is 15.7. The van der Waals surface area contributed by atoms with Crippen molar-refractivity contribution in [1.82, 2.24) is 0 Å². The quantitative estimate of drug-likeness (QED) is 0.937. The van der Waals surface area contributed by atoms with Crippen LogP contribution in [0.3, 0.4) is 0 Å². The Morgan fingerprint density at radius 2 is 1.81 bits per heavy atom. The molecule has 110 valence electrons. The van der Waals surface area contributed by atoms with E-state index in [0.29, 0.717) is 10.6 Å². The molecule has 0 atom stereocenters. The Morgan fingerprint density at radius 1 is 1.19 bits per heavy atom. The number of hydrogen-bond acceptors (Lipinski definition) is 4. The monoisotopic (exact) mass is 320 g/mol. The average molecular weight is 320 g/mol. The van der Waals surface area contributed by atoms with Crippen LogP contribution < -0.4 is 4.72 Å². The second kappa shape index (κ2) is 5.51. The van der Waals surface area contributed by atoms with Gasteiger partial charge in [-0.25, -0.2) is 8.42 Å². The van der Waals surface area contributed by atoms with Crippen LogP contribution in [0.15, 0.2) is 41.3 Å². The predicted molar refractivity (Wildman–Crippen MR) is 85.0 cm³/mol. The van der Waals surface area contributed by atoms with Crippen LogP contribution in [0.2, 0.25) is 0 Å². The summed E-state index contributed by atoms with van der Waals surface area (Å²) in [4.78, 5) is 1.52. The summed E-state index contributed by atoms with van der Waals surface area (Å²) >= 11 is 1.31. The molecule has 0 aliphatic carbocycles. The normalized spacial score (nSPS) is 11.9. The summed E-state index contributed by atoms with van der Waals surface area (Å²) in [6, 6.07) is 11.9. The molecule has 1 heterocycles. The van der Waals surface area contributed by atoms with E-state index in [9.17, 15) is 13.7 Å². The van der Waals surface area contributed by atoms with Crippen LogP contribution in [0.5, 0.6) is 0 Å². The number of rotatable bonds is 3. The smallest absolute Gasteiger partial charge is 0.261 e. The van der Waals surface area contributed by atoms with Crippen LogP contribution in [-0.2, 0) is 15.4 Å². The van der Waals surface area contributed by atoms with Crippen LogP contribution in [0.4, 0.5) is 5.69 Å². The Kier molecular flexibility index (Phi) is 4.08. The first-order chi connectivity index (χ1) is 9.74. The van der Waals surface area contributed by atoms with E-state index in [1.54, 1.807) is 24.3 Å². The number of hydrogen-bond donors (Lipinski definition) is 1. The lowest BCUT2D eigenvalue weighted by molar-refractivity contribution is 0.600. The van der Waals surface area contributed by atoms with Crippen molar-refractivity contribution in [2.75, 3.05) is 4.72 Å². The maximum atomic E-state index is 12.3. The van der Waals surface area contributed by atoms with Gasteiger partial charge in [0.15, 0.2) is 0 Å². The minimum absolute atomic E-state index is 0.132. The summed E-state index contributed by atoms with van der Waals surface area (Å²) in [5, 5.41) is 9.19. The van der Waals surface area contributed by atoms with Gasteiger partial charge in [-0.3, -0.25) is 4.72 Å². The van der Waals surface area contributed by atoms with Crippen molar-refractivity contribution in [3.63, 3.8) is 0 Å². The number of sulfonamides is 1. The molecule has 0 saturated carbocycles. The minimum Gasteiger partial charge on any atom is -0.277 e. The molecule has 0 aliphatic heterocycles. The summed E-state index contributed by atoms with van der Waals surface area (Å²) in [6.07, 6.45) is 0. The molecule has 0 aliphatic rings. The highest BCUT2D eigenvalue weighted by Crippen LogP contribution is 2.35. The molecule has 0 bridgehead atoms. The van der Waals surface area contributed by atoms with Gasteiger partial charge in [0.1, 0.15) is 10.9 Å². The van der Waals surface area contributed by atoms with Gasteiger partial charge in [-0.15, -0.1) is 11.3 Å². The summed E-state index contributed by atoms with van der Waals surface area (Å²) < 4.78 is 27.1. The Bertz CT molecular complexity index is 779. The maximum absolute atomic E-state index is 12.3. The van der Waals surface area contributed by atoms with Gasteiger partial charge in [-0.05, 0) is 23.6 Å². The molecule has 21 heavy (non-hydrogen) atoms. The molecule has 0 spiro atoms. The van der Waals surface area contributed by atoms with E-state index >= 15 is 0 Å². The number of anilines is 1. The van der Waals surface area contributed by atoms with Gasteiger partial charge in [0, 0.05) is 4.88 Å². The molecule has 4 nitrogen and oxygen atoms in total. The summed E-state index contributed by atoms with van der Waals surface area (Å²) in [5.74, 6) is 0. The van der Waals surface area contributed by atoms with Crippen LogP contribution in [0.1, 0.15) is 30.5 Å². The van der Waals surface area contributed by atoms with E-state index in [0.717, 1.165) is 4.88 Å². The number of nitrogens with zero attached hydrogens (tertiary/aromatic N) is 1. The van der Waals surface area contributed by atoms with E-state index in [4.69, 9.17) is 0 Å². The fraction of sp³-hybridized carbons (Fsp3) is 0.267. The van der Waals surface area contributed by atoms with Crippen molar-refractivity contribution >= 4 is 27.0 Å². The third kappa shape index (κ3) is 3.43. The lowest BCUT2D eigenvalue weighted by atomic mass is 9.95. The number of nitrogens with one attached hydrogen (secondary N) is 1. The zero-order valence-electron chi connectivity index (χ0n) is 12.0. The van der Waals surface area contributed by atoms with Gasteiger partial charge in [0.25, 0.3) is 10.0 Å². The van der Waals surface area contributed by atoms with E-state index in [1.165, 1.54) is 23.5 Å². The summed E-state index contributed by atoms with van der Waals surface area (Å²) in [5.41, 5.74) is 0.212. The Labute approximate surface area is 129 Å². The molecule has 0 fully saturated rings. The molecule has 1 aromatic heterocycles. The van der Waals surface area contributed by atoms with E-state index in [2.05, 4.69) is 10.8 Å². The molecule has 1 aromatic carbocycles. The van der Waals surface area contributed by atoms with Crippen molar-refractivity contribution in [3.05, 3.63) is 46.2 Å². The van der Waals surface area contributed by atoms with Crippen molar-refractivity contribution in [3.8, 4) is 6.07 Å². The van der Waals surface area contributed by atoms with Crippen molar-refractivity contribution in [2.45, 2.75) is 31.1 Å². The number of nitriles is 1. The first kappa shape index (κ1) is 15.5. The highest BCUT2D eigenvalue weighted by molar-refractivity contribution is 7.92.